The van der Waals surface area contributed by atoms with E-state index in [4.69, 9.17) is 10.5 Å². The first-order valence-electron chi connectivity index (χ1n) is 6.60. The summed E-state index contributed by atoms with van der Waals surface area (Å²) in [5, 5.41) is 0. The SMILES string of the molecule is COc1ccccc1N(C)C(CN)c1c(F)cccc1F. The molecule has 2 aromatic rings. The number of nitrogens with zero attached hydrogens (tertiary/aromatic N) is 1. The molecule has 0 aromatic heterocycles. The van der Waals surface area contributed by atoms with Crippen LogP contribution in [0.25, 0.3) is 0 Å². The van der Waals surface area contributed by atoms with E-state index in [1.807, 2.05) is 18.2 Å². The summed E-state index contributed by atoms with van der Waals surface area (Å²) in [5.74, 6) is -0.588. The van der Waals surface area contributed by atoms with Gasteiger partial charge in [0.1, 0.15) is 17.4 Å². The third-order valence-corrected chi connectivity index (χ3v) is 3.49. The highest BCUT2D eigenvalue weighted by Gasteiger charge is 2.24. The van der Waals surface area contributed by atoms with Crippen molar-refractivity contribution in [2.75, 3.05) is 25.6 Å². The number of ether oxygens (including phenoxy) is 1. The number of rotatable bonds is 5. The number of hydrogen-bond acceptors (Lipinski definition) is 3. The number of benzene rings is 2. The molecule has 21 heavy (non-hydrogen) atoms. The van der Waals surface area contributed by atoms with Gasteiger partial charge >= 0.3 is 0 Å². The van der Waals surface area contributed by atoms with E-state index >= 15 is 0 Å². The Balaban J connectivity index is 2.46. The van der Waals surface area contributed by atoms with Crippen LogP contribution >= 0.6 is 0 Å². The van der Waals surface area contributed by atoms with Crippen molar-refractivity contribution in [3.63, 3.8) is 0 Å². The van der Waals surface area contributed by atoms with Gasteiger partial charge in [0.2, 0.25) is 0 Å². The van der Waals surface area contributed by atoms with Crippen LogP contribution in [-0.4, -0.2) is 20.7 Å². The van der Waals surface area contributed by atoms with E-state index in [-0.39, 0.29) is 12.1 Å². The molecule has 3 nitrogen and oxygen atoms in total. The van der Waals surface area contributed by atoms with Gasteiger partial charge in [-0.3, -0.25) is 0 Å². The molecule has 0 aliphatic carbocycles. The Morgan fingerprint density at radius 2 is 1.71 bits per heavy atom. The molecule has 2 rings (SSSR count). The molecule has 0 saturated carbocycles. The van der Waals surface area contributed by atoms with Crippen LogP contribution in [0.2, 0.25) is 0 Å². The van der Waals surface area contributed by atoms with Gasteiger partial charge in [-0.2, -0.15) is 0 Å². The normalized spacial score (nSPS) is 12.0. The molecule has 0 aliphatic rings. The molecule has 0 spiro atoms. The highest BCUT2D eigenvalue weighted by molar-refractivity contribution is 5.59. The predicted octanol–water partition coefficient (Wildman–Crippen LogP) is 3.11. The van der Waals surface area contributed by atoms with Crippen molar-refractivity contribution in [2.24, 2.45) is 5.73 Å². The lowest BCUT2D eigenvalue weighted by atomic mass is 10.0. The van der Waals surface area contributed by atoms with Crippen LogP contribution in [0.1, 0.15) is 11.6 Å². The third-order valence-electron chi connectivity index (χ3n) is 3.49. The number of hydrogen-bond donors (Lipinski definition) is 1. The zero-order chi connectivity index (χ0) is 15.4. The Morgan fingerprint density at radius 3 is 2.29 bits per heavy atom. The van der Waals surface area contributed by atoms with Gasteiger partial charge in [-0.05, 0) is 24.3 Å². The first-order chi connectivity index (χ1) is 10.1. The number of anilines is 1. The van der Waals surface area contributed by atoms with Gasteiger partial charge in [0.05, 0.1) is 18.8 Å². The van der Waals surface area contributed by atoms with Crippen molar-refractivity contribution in [1.82, 2.24) is 0 Å². The van der Waals surface area contributed by atoms with Gasteiger partial charge in [0.15, 0.2) is 0 Å². The smallest absolute Gasteiger partial charge is 0.142 e. The number of methoxy groups -OCH3 is 1. The van der Waals surface area contributed by atoms with Crippen molar-refractivity contribution in [3.05, 3.63) is 59.7 Å². The molecule has 5 heteroatoms. The zero-order valence-electron chi connectivity index (χ0n) is 12.0. The van der Waals surface area contributed by atoms with Gasteiger partial charge in [-0.15, -0.1) is 0 Å². The van der Waals surface area contributed by atoms with Crippen LogP contribution in [-0.2, 0) is 0 Å². The molecule has 2 N–H and O–H groups in total. The molecule has 1 atom stereocenters. The fourth-order valence-electron chi connectivity index (χ4n) is 2.39. The lowest BCUT2D eigenvalue weighted by molar-refractivity contribution is 0.413. The Hall–Kier alpha value is -2.14. The highest BCUT2D eigenvalue weighted by Crippen LogP contribution is 2.34. The fourth-order valence-corrected chi connectivity index (χ4v) is 2.39. The number of likely N-dealkylation sites (N-methyl/N-ethyl adjacent to an activating group) is 1. The number of halogens is 2. The Labute approximate surface area is 122 Å². The molecule has 0 aliphatic heterocycles. The maximum Gasteiger partial charge on any atom is 0.142 e. The van der Waals surface area contributed by atoms with Crippen LogP contribution in [0.5, 0.6) is 5.75 Å². The fraction of sp³-hybridized carbons (Fsp3) is 0.250. The molecule has 0 heterocycles. The van der Waals surface area contributed by atoms with Gasteiger partial charge < -0.3 is 15.4 Å². The van der Waals surface area contributed by atoms with Crippen molar-refractivity contribution >= 4 is 5.69 Å². The Morgan fingerprint density at radius 1 is 1.10 bits per heavy atom. The topological polar surface area (TPSA) is 38.5 Å². The lowest BCUT2D eigenvalue weighted by Crippen LogP contribution is -2.32. The monoisotopic (exact) mass is 292 g/mol. The van der Waals surface area contributed by atoms with Gasteiger partial charge in [0, 0.05) is 19.2 Å². The summed E-state index contributed by atoms with van der Waals surface area (Å²) in [4.78, 5) is 1.72. The summed E-state index contributed by atoms with van der Waals surface area (Å²) < 4.78 is 33.3. The molecule has 2 aromatic carbocycles. The standard InChI is InChI=1S/C16H18F2N2O/c1-20(13-8-3-4-9-15(13)21-2)14(10-19)16-11(17)6-5-7-12(16)18/h3-9,14H,10,19H2,1-2H3. The Kier molecular flexibility index (Phi) is 4.75. The second kappa shape index (κ2) is 6.54. The number of nitrogens with two attached hydrogens (primary N) is 1. The van der Waals surface area contributed by atoms with Crippen LogP contribution in [0.4, 0.5) is 14.5 Å². The van der Waals surface area contributed by atoms with Crippen LogP contribution < -0.4 is 15.4 Å². The maximum absolute atomic E-state index is 14.0. The predicted molar refractivity (Wildman–Crippen MR) is 79.6 cm³/mol. The molecule has 1 unspecified atom stereocenters. The summed E-state index contributed by atoms with van der Waals surface area (Å²) in [7, 11) is 3.29. The maximum atomic E-state index is 14.0. The van der Waals surface area contributed by atoms with Crippen molar-refractivity contribution in [2.45, 2.75) is 6.04 Å². The lowest BCUT2D eigenvalue weighted by Gasteiger charge is -2.31. The molecule has 0 radical (unpaired) electrons. The summed E-state index contributed by atoms with van der Waals surface area (Å²) in [5.41, 5.74) is 6.44. The number of para-hydroxylation sites is 2. The van der Waals surface area contributed by atoms with Crippen LogP contribution in [0.15, 0.2) is 42.5 Å². The highest BCUT2D eigenvalue weighted by atomic mass is 19.1. The molecular weight excluding hydrogens is 274 g/mol. The first-order valence-corrected chi connectivity index (χ1v) is 6.60. The van der Waals surface area contributed by atoms with E-state index in [1.54, 1.807) is 25.1 Å². The minimum Gasteiger partial charge on any atom is -0.495 e. The molecule has 0 fully saturated rings. The van der Waals surface area contributed by atoms with E-state index in [2.05, 4.69) is 0 Å². The molecule has 0 saturated heterocycles. The van der Waals surface area contributed by atoms with E-state index in [0.29, 0.717) is 5.75 Å². The van der Waals surface area contributed by atoms with Gasteiger partial charge in [0.25, 0.3) is 0 Å². The Bertz CT molecular complexity index is 599. The van der Waals surface area contributed by atoms with E-state index < -0.39 is 17.7 Å². The quantitative estimate of drug-likeness (QED) is 0.920. The van der Waals surface area contributed by atoms with Crippen molar-refractivity contribution in [1.29, 1.82) is 0 Å². The van der Waals surface area contributed by atoms with Crippen LogP contribution in [0.3, 0.4) is 0 Å². The summed E-state index contributed by atoms with van der Waals surface area (Å²) >= 11 is 0. The van der Waals surface area contributed by atoms with Crippen molar-refractivity contribution in [3.8, 4) is 5.75 Å². The average Bonchev–Trinajstić information content (AvgIpc) is 2.50. The summed E-state index contributed by atoms with van der Waals surface area (Å²) in [6.07, 6.45) is 0. The summed E-state index contributed by atoms with van der Waals surface area (Å²) in [6.45, 7) is 0.0758. The van der Waals surface area contributed by atoms with E-state index in [9.17, 15) is 8.78 Å². The zero-order valence-corrected chi connectivity index (χ0v) is 12.0. The van der Waals surface area contributed by atoms with Crippen LogP contribution in [0, 0.1) is 11.6 Å². The first kappa shape index (κ1) is 15.3. The van der Waals surface area contributed by atoms with Gasteiger partial charge in [-0.1, -0.05) is 18.2 Å². The van der Waals surface area contributed by atoms with Gasteiger partial charge in [-0.25, -0.2) is 8.78 Å². The largest absolute Gasteiger partial charge is 0.495 e. The molecular formula is C16H18F2N2O. The minimum atomic E-state index is -0.623. The second-order valence-corrected chi connectivity index (χ2v) is 4.67. The molecule has 112 valence electrons. The van der Waals surface area contributed by atoms with Crippen molar-refractivity contribution < 1.29 is 13.5 Å². The van der Waals surface area contributed by atoms with E-state index in [0.717, 1.165) is 5.69 Å². The average molecular weight is 292 g/mol. The summed E-state index contributed by atoms with van der Waals surface area (Å²) in [6, 6.07) is 10.5. The van der Waals surface area contributed by atoms with E-state index in [1.165, 1.54) is 18.2 Å². The second-order valence-electron chi connectivity index (χ2n) is 4.67. The molecule has 0 amide bonds. The third kappa shape index (κ3) is 2.97. The molecule has 0 bridgehead atoms. The minimum absolute atomic E-state index is 0.0339.